The number of carbonyl (C=O) groups is 2. The molecule has 1 aromatic heterocycles. The molecule has 1 heterocycles. The summed E-state index contributed by atoms with van der Waals surface area (Å²) < 4.78 is 36.5. The van der Waals surface area contributed by atoms with Crippen molar-refractivity contribution in [3.05, 3.63) is 53.3 Å². The van der Waals surface area contributed by atoms with Crippen LogP contribution in [-0.2, 0) is 30.7 Å². The summed E-state index contributed by atoms with van der Waals surface area (Å²) in [6.07, 6.45) is 1.17. The maximum atomic E-state index is 12.4. The first-order valence-corrected chi connectivity index (χ1v) is 12.2. The van der Waals surface area contributed by atoms with Gasteiger partial charge in [-0.05, 0) is 37.3 Å². The summed E-state index contributed by atoms with van der Waals surface area (Å²) in [6, 6.07) is 13.7. The van der Waals surface area contributed by atoms with Crippen LogP contribution in [0.1, 0.15) is 13.3 Å². The zero-order chi connectivity index (χ0) is 22.4. The van der Waals surface area contributed by atoms with Gasteiger partial charge >= 0.3 is 5.97 Å². The van der Waals surface area contributed by atoms with E-state index >= 15 is 0 Å². The number of para-hydroxylation sites is 1. The van der Waals surface area contributed by atoms with E-state index in [2.05, 4.69) is 4.99 Å². The number of fused-ring (bicyclic) bond motifs is 1. The molecule has 0 saturated heterocycles. The number of hydrogen-bond acceptors (Lipinski definition) is 7. The second kappa shape index (κ2) is 9.88. The van der Waals surface area contributed by atoms with Crippen molar-refractivity contribution in [3.8, 4) is 5.75 Å². The fraction of sp³-hybridized carbons (Fsp3) is 0.286. The lowest BCUT2D eigenvalue weighted by Gasteiger charge is -2.06. The highest BCUT2D eigenvalue weighted by atomic mass is 32.2. The predicted molar refractivity (Wildman–Crippen MR) is 117 cm³/mol. The molecule has 0 fully saturated rings. The normalized spacial score (nSPS) is 12.1. The number of carbonyl (C=O) groups excluding carboxylic acids is 2. The van der Waals surface area contributed by atoms with Gasteiger partial charge in [0, 0.05) is 6.26 Å². The highest BCUT2D eigenvalue weighted by Gasteiger charge is 2.15. The molecule has 0 aliphatic carbocycles. The van der Waals surface area contributed by atoms with Crippen LogP contribution in [-0.4, -0.2) is 44.3 Å². The number of hydrogen-bond donors (Lipinski definition) is 0. The standard InChI is InChI=1S/C21H22N2O6S2/c1-3-28-20(25)14-23-17-10-9-16(31(2,26)27)13-18(17)30-21(23)22-19(24)11-12-29-15-7-5-4-6-8-15/h4-10,13H,3,11-12,14H2,1-2H3. The highest BCUT2D eigenvalue weighted by molar-refractivity contribution is 7.90. The Bertz CT molecular complexity index is 1260. The maximum absolute atomic E-state index is 12.4. The Kier molecular flexibility index (Phi) is 7.24. The van der Waals surface area contributed by atoms with Gasteiger partial charge in [-0.15, -0.1) is 0 Å². The number of amides is 1. The predicted octanol–water partition coefficient (Wildman–Crippen LogP) is 2.57. The smallest absolute Gasteiger partial charge is 0.326 e. The molecule has 10 heteroatoms. The molecule has 31 heavy (non-hydrogen) atoms. The minimum absolute atomic E-state index is 0.0527. The Hall–Kier alpha value is -2.98. The van der Waals surface area contributed by atoms with E-state index < -0.39 is 21.7 Å². The second-order valence-corrected chi connectivity index (χ2v) is 9.62. The van der Waals surface area contributed by atoms with E-state index in [4.69, 9.17) is 9.47 Å². The van der Waals surface area contributed by atoms with Crippen LogP contribution >= 0.6 is 11.3 Å². The lowest BCUT2D eigenvalue weighted by molar-refractivity contribution is -0.143. The summed E-state index contributed by atoms with van der Waals surface area (Å²) in [7, 11) is -3.40. The van der Waals surface area contributed by atoms with Gasteiger partial charge in [-0.1, -0.05) is 29.5 Å². The molecule has 0 N–H and O–H groups in total. The molecule has 0 radical (unpaired) electrons. The molecule has 0 atom stereocenters. The van der Waals surface area contributed by atoms with E-state index in [-0.39, 0.29) is 31.1 Å². The van der Waals surface area contributed by atoms with Crippen molar-refractivity contribution in [3.63, 3.8) is 0 Å². The van der Waals surface area contributed by atoms with Crippen molar-refractivity contribution in [2.45, 2.75) is 24.8 Å². The third kappa shape index (κ3) is 6.02. The fourth-order valence-corrected chi connectivity index (χ4v) is 4.60. The van der Waals surface area contributed by atoms with E-state index in [1.165, 1.54) is 12.1 Å². The summed E-state index contributed by atoms with van der Waals surface area (Å²) in [6.45, 7) is 1.95. The molecule has 2 aromatic carbocycles. The van der Waals surface area contributed by atoms with Gasteiger partial charge < -0.3 is 14.0 Å². The van der Waals surface area contributed by atoms with Crippen LogP contribution in [0.3, 0.4) is 0 Å². The van der Waals surface area contributed by atoms with Gasteiger partial charge in [0.25, 0.3) is 5.91 Å². The number of aromatic nitrogens is 1. The van der Waals surface area contributed by atoms with E-state index in [0.29, 0.717) is 20.8 Å². The number of esters is 1. The molecule has 0 spiro atoms. The Morgan fingerprint density at radius 1 is 1.13 bits per heavy atom. The lowest BCUT2D eigenvalue weighted by atomic mass is 10.3. The van der Waals surface area contributed by atoms with Crippen LogP contribution in [0, 0.1) is 0 Å². The minimum Gasteiger partial charge on any atom is -0.493 e. The molecule has 3 aromatic rings. The topological polar surface area (TPSA) is 104 Å². The zero-order valence-electron chi connectivity index (χ0n) is 17.1. The Labute approximate surface area is 183 Å². The second-order valence-electron chi connectivity index (χ2n) is 6.59. The van der Waals surface area contributed by atoms with Crippen molar-refractivity contribution >= 4 is 43.3 Å². The fourth-order valence-electron chi connectivity index (χ4n) is 2.79. The summed E-state index contributed by atoms with van der Waals surface area (Å²) in [5.74, 6) is -0.234. The maximum Gasteiger partial charge on any atom is 0.326 e. The SMILES string of the molecule is CCOC(=O)Cn1c(=NC(=O)CCOc2ccccc2)sc2cc(S(C)(=O)=O)ccc21. The molecule has 0 aliphatic rings. The van der Waals surface area contributed by atoms with E-state index in [0.717, 1.165) is 17.6 Å². The number of rotatable bonds is 8. The average Bonchev–Trinajstić information content (AvgIpc) is 3.04. The van der Waals surface area contributed by atoms with Crippen molar-refractivity contribution in [2.75, 3.05) is 19.5 Å². The molecular weight excluding hydrogens is 440 g/mol. The van der Waals surface area contributed by atoms with E-state index in [9.17, 15) is 18.0 Å². The quantitative estimate of drug-likeness (QED) is 0.477. The van der Waals surface area contributed by atoms with Gasteiger partial charge in [0.05, 0.1) is 34.7 Å². The van der Waals surface area contributed by atoms with Gasteiger partial charge in [0.15, 0.2) is 14.6 Å². The van der Waals surface area contributed by atoms with E-state index in [1.807, 2.05) is 18.2 Å². The first-order valence-electron chi connectivity index (χ1n) is 9.52. The van der Waals surface area contributed by atoms with Gasteiger partial charge in [-0.25, -0.2) is 8.42 Å². The lowest BCUT2D eigenvalue weighted by Crippen LogP contribution is -2.23. The van der Waals surface area contributed by atoms with Crippen LogP contribution in [0.5, 0.6) is 5.75 Å². The zero-order valence-corrected chi connectivity index (χ0v) is 18.7. The third-order valence-electron chi connectivity index (χ3n) is 4.22. The van der Waals surface area contributed by atoms with Crippen molar-refractivity contribution in [1.29, 1.82) is 0 Å². The summed E-state index contributed by atoms with van der Waals surface area (Å²) in [5.41, 5.74) is 0.595. The molecule has 8 nitrogen and oxygen atoms in total. The molecular formula is C21H22N2O6S2. The Morgan fingerprint density at radius 3 is 2.55 bits per heavy atom. The highest BCUT2D eigenvalue weighted by Crippen LogP contribution is 2.22. The molecule has 3 rings (SSSR count). The van der Waals surface area contributed by atoms with Gasteiger partial charge in [-0.3, -0.25) is 9.59 Å². The number of benzene rings is 2. The molecule has 0 unspecified atom stereocenters. The van der Waals surface area contributed by atoms with Crippen molar-refractivity contribution in [1.82, 2.24) is 4.57 Å². The first-order chi connectivity index (χ1) is 14.8. The average molecular weight is 463 g/mol. The molecule has 0 saturated carbocycles. The first kappa shape index (κ1) is 22.7. The molecule has 0 aliphatic heterocycles. The number of sulfone groups is 1. The van der Waals surface area contributed by atoms with Gasteiger partial charge in [0.1, 0.15) is 12.3 Å². The van der Waals surface area contributed by atoms with Gasteiger partial charge in [0.2, 0.25) is 0 Å². The summed E-state index contributed by atoms with van der Waals surface area (Å²) >= 11 is 1.13. The molecule has 0 bridgehead atoms. The van der Waals surface area contributed by atoms with Crippen LogP contribution in [0.15, 0.2) is 58.4 Å². The Morgan fingerprint density at radius 2 is 1.87 bits per heavy atom. The van der Waals surface area contributed by atoms with Crippen LogP contribution < -0.4 is 9.54 Å². The van der Waals surface area contributed by atoms with Crippen molar-refractivity contribution in [2.24, 2.45) is 4.99 Å². The monoisotopic (exact) mass is 462 g/mol. The van der Waals surface area contributed by atoms with Crippen LogP contribution in [0.25, 0.3) is 10.2 Å². The number of ether oxygens (including phenoxy) is 2. The van der Waals surface area contributed by atoms with Gasteiger partial charge in [-0.2, -0.15) is 4.99 Å². The van der Waals surface area contributed by atoms with E-state index in [1.54, 1.807) is 29.7 Å². The molecule has 1 amide bonds. The molecule has 164 valence electrons. The summed E-state index contributed by atoms with van der Waals surface area (Å²) in [5, 5.41) is 0. The largest absolute Gasteiger partial charge is 0.493 e. The van der Waals surface area contributed by atoms with Crippen LogP contribution in [0.4, 0.5) is 0 Å². The third-order valence-corrected chi connectivity index (χ3v) is 6.37. The van der Waals surface area contributed by atoms with Crippen LogP contribution in [0.2, 0.25) is 0 Å². The number of thiazole rings is 1. The minimum atomic E-state index is -3.40. The summed E-state index contributed by atoms with van der Waals surface area (Å²) in [4.78, 5) is 29.0. The Balaban J connectivity index is 1.90. The van der Waals surface area contributed by atoms with Crippen molar-refractivity contribution < 1.29 is 27.5 Å². The number of nitrogens with zero attached hydrogens (tertiary/aromatic N) is 2.